The summed E-state index contributed by atoms with van der Waals surface area (Å²) in [4.78, 5) is 23.5. The molecule has 0 spiro atoms. The summed E-state index contributed by atoms with van der Waals surface area (Å²) < 4.78 is 11.1. The molecule has 0 aliphatic rings. The zero-order valence-electron chi connectivity index (χ0n) is 13.7. The van der Waals surface area contributed by atoms with E-state index in [1.54, 1.807) is 39.1 Å². The van der Waals surface area contributed by atoms with Crippen molar-refractivity contribution in [3.05, 3.63) is 30.0 Å². The van der Waals surface area contributed by atoms with Gasteiger partial charge in [-0.1, -0.05) is 6.07 Å². The van der Waals surface area contributed by atoms with Gasteiger partial charge in [-0.3, -0.25) is 4.79 Å². The van der Waals surface area contributed by atoms with E-state index in [-0.39, 0.29) is 0 Å². The molecule has 0 fully saturated rings. The highest BCUT2D eigenvalue weighted by molar-refractivity contribution is 5.88. The molecular formula is C16H21N3O4. The molecule has 2 N–H and O–H groups in total. The smallest absolute Gasteiger partial charge is 0.435 e. The van der Waals surface area contributed by atoms with Gasteiger partial charge in [0.15, 0.2) is 0 Å². The van der Waals surface area contributed by atoms with Crippen molar-refractivity contribution >= 4 is 23.0 Å². The van der Waals surface area contributed by atoms with Crippen molar-refractivity contribution in [2.75, 3.05) is 7.11 Å². The number of benzene rings is 1. The first-order valence-corrected chi connectivity index (χ1v) is 7.24. The third kappa shape index (κ3) is 4.07. The van der Waals surface area contributed by atoms with Gasteiger partial charge in [-0.15, -0.1) is 0 Å². The Labute approximate surface area is 134 Å². The number of fused-ring (bicyclic) bond motifs is 1. The highest BCUT2D eigenvalue weighted by atomic mass is 16.6. The van der Waals surface area contributed by atoms with Crippen LogP contribution in [0.15, 0.2) is 24.4 Å². The van der Waals surface area contributed by atoms with Crippen LogP contribution in [0.4, 0.5) is 4.79 Å². The van der Waals surface area contributed by atoms with Gasteiger partial charge in [0.2, 0.25) is 0 Å². The van der Waals surface area contributed by atoms with Crippen LogP contribution in [0.25, 0.3) is 10.9 Å². The van der Waals surface area contributed by atoms with Gasteiger partial charge in [0.1, 0.15) is 11.6 Å². The van der Waals surface area contributed by atoms with E-state index in [1.807, 2.05) is 6.07 Å². The van der Waals surface area contributed by atoms with E-state index in [9.17, 15) is 9.59 Å². The first kappa shape index (κ1) is 17.0. The second-order valence-electron chi connectivity index (χ2n) is 6.26. The van der Waals surface area contributed by atoms with Gasteiger partial charge in [0.25, 0.3) is 0 Å². The van der Waals surface area contributed by atoms with Crippen molar-refractivity contribution in [2.24, 2.45) is 5.73 Å². The SMILES string of the molecule is COC(=O)[C@@H](N)Cc1ccc2c(cnn2C(=O)OC(C)(C)C)c1. The summed E-state index contributed by atoms with van der Waals surface area (Å²) >= 11 is 0. The van der Waals surface area contributed by atoms with Crippen LogP contribution in [0, 0.1) is 0 Å². The number of ether oxygens (including phenoxy) is 2. The largest absolute Gasteiger partial charge is 0.468 e. The van der Waals surface area contributed by atoms with Crippen LogP contribution in [0.5, 0.6) is 0 Å². The molecule has 124 valence electrons. The molecule has 0 amide bonds. The standard InChI is InChI=1S/C16H21N3O4/c1-16(2,3)23-15(21)19-13-6-5-10(7-11(13)9-18-19)8-12(17)14(20)22-4/h5-7,9,12H,8,17H2,1-4H3/t12-/m0/s1. The minimum absolute atomic E-state index is 0.347. The highest BCUT2D eigenvalue weighted by Crippen LogP contribution is 2.18. The molecule has 1 aromatic heterocycles. The number of aromatic nitrogens is 2. The molecule has 1 heterocycles. The summed E-state index contributed by atoms with van der Waals surface area (Å²) in [5, 5.41) is 4.84. The second-order valence-corrected chi connectivity index (χ2v) is 6.26. The predicted molar refractivity (Wildman–Crippen MR) is 85.1 cm³/mol. The number of hydrogen-bond acceptors (Lipinski definition) is 6. The lowest BCUT2D eigenvalue weighted by Gasteiger charge is -2.19. The molecule has 0 bridgehead atoms. The average molecular weight is 319 g/mol. The van der Waals surface area contributed by atoms with E-state index in [0.29, 0.717) is 11.9 Å². The van der Waals surface area contributed by atoms with Crippen LogP contribution >= 0.6 is 0 Å². The Morgan fingerprint density at radius 3 is 2.65 bits per heavy atom. The van der Waals surface area contributed by atoms with Gasteiger partial charge in [-0.05, 0) is 44.9 Å². The third-order valence-corrected chi connectivity index (χ3v) is 3.16. The van der Waals surface area contributed by atoms with Crippen molar-refractivity contribution < 1.29 is 19.1 Å². The minimum Gasteiger partial charge on any atom is -0.468 e. The van der Waals surface area contributed by atoms with Crippen LogP contribution in [-0.2, 0) is 20.7 Å². The molecule has 7 nitrogen and oxygen atoms in total. The van der Waals surface area contributed by atoms with Gasteiger partial charge in [-0.2, -0.15) is 9.78 Å². The van der Waals surface area contributed by atoms with Crippen LogP contribution in [-0.4, -0.2) is 40.6 Å². The zero-order valence-corrected chi connectivity index (χ0v) is 13.7. The van der Waals surface area contributed by atoms with E-state index < -0.39 is 23.7 Å². The van der Waals surface area contributed by atoms with E-state index >= 15 is 0 Å². The molecule has 0 unspecified atom stereocenters. The molecule has 2 aromatic rings. The maximum absolute atomic E-state index is 12.1. The molecule has 2 rings (SSSR count). The van der Waals surface area contributed by atoms with Crippen LogP contribution < -0.4 is 5.73 Å². The summed E-state index contributed by atoms with van der Waals surface area (Å²) in [6.07, 6.45) is 1.39. The number of nitrogens with zero attached hydrogens (tertiary/aromatic N) is 2. The van der Waals surface area contributed by atoms with Crippen molar-refractivity contribution in [2.45, 2.75) is 38.8 Å². The van der Waals surface area contributed by atoms with Crippen LogP contribution in [0.1, 0.15) is 26.3 Å². The molecule has 23 heavy (non-hydrogen) atoms. The minimum atomic E-state index is -0.724. The Bertz CT molecular complexity index is 730. The fourth-order valence-electron chi connectivity index (χ4n) is 2.15. The molecule has 1 atom stereocenters. The Balaban J connectivity index is 2.23. The van der Waals surface area contributed by atoms with Crippen molar-refractivity contribution in [3.8, 4) is 0 Å². The maximum Gasteiger partial charge on any atom is 0.435 e. The van der Waals surface area contributed by atoms with E-state index in [1.165, 1.54) is 11.8 Å². The fraction of sp³-hybridized carbons (Fsp3) is 0.438. The third-order valence-electron chi connectivity index (χ3n) is 3.16. The topological polar surface area (TPSA) is 96.4 Å². The molecule has 0 radical (unpaired) electrons. The molecule has 1 aromatic carbocycles. The number of methoxy groups -OCH3 is 1. The highest BCUT2D eigenvalue weighted by Gasteiger charge is 2.20. The van der Waals surface area contributed by atoms with Crippen molar-refractivity contribution in [3.63, 3.8) is 0 Å². The Kier molecular flexibility index (Phi) is 4.70. The number of carbonyl (C=O) groups excluding carboxylic acids is 2. The summed E-state index contributed by atoms with van der Waals surface area (Å²) in [7, 11) is 1.30. The molecule has 0 saturated heterocycles. The maximum atomic E-state index is 12.1. The van der Waals surface area contributed by atoms with E-state index in [0.717, 1.165) is 10.9 Å². The predicted octanol–water partition coefficient (Wildman–Crippen LogP) is 1.86. The van der Waals surface area contributed by atoms with Gasteiger partial charge in [0, 0.05) is 5.39 Å². The number of carbonyl (C=O) groups is 2. The molecule has 0 saturated carbocycles. The number of esters is 1. The molecular weight excluding hydrogens is 298 g/mol. The number of nitrogens with two attached hydrogens (primary N) is 1. The van der Waals surface area contributed by atoms with Gasteiger partial charge in [-0.25, -0.2) is 4.79 Å². The Morgan fingerprint density at radius 1 is 1.35 bits per heavy atom. The normalized spacial score (nSPS) is 12.9. The summed E-state index contributed by atoms with van der Waals surface area (Å²) in [6.45, 7) is 5.38. The van der Waals surface area contributed by atoms with E-state index in [4.69, 9.17) is 10.5 Å². The number of rotatable bonds is 3. The summed E-state index contributed by atoms with van der Waals surface area (Å²) in [5.41, 5.74) is 6.66. The van der Waals surface area contributed by atoms with Gasteiger partial charge >= 0.3 is 12.1 Å². The van der Waals surface area contributed by atoms with E-state index in [2.05, 4.69) is 9.84 Å². The second kappa shape index (κ2) is 6.37. The first-order chi connectivity index (χ1) is 10.7. The average Bonchev–Trinajstić information content (AvgIpc) is 2.87. The van der Waals surface area contributed by atoms with Crippen molar-refractivity contribution in [1.82, 2.24) is 9.78 Å². The zero-order chi connectivity index (χ0) is 17.2. The van der Waals surface area contributed by atoms with Crippen molar-refractivity contribution in [1.29, 1.82) is 0 Å². The summed E-state index contributed by atoms with van der Waals surface area (Å²) in [5.74, 6) is -0.463. The Morgan fingerprint density at radius 2 is 2.04 bits per heavy atom. The van der Waals surface area contributed by atoms with Gasteiger partial charge < -0.3 is 15.2 Å². The quantitative estimate of drug-likeness (QED) is 0.867. The van der Waals surface area contributed by atoms with Gasteiger partial charge in [0.05, 0.1) is 18.8 Å². The van der Waals surface area contributed by atoms with Crippen LogP contribution in [0.2, 0.25) is 0 Å². The molecule has 7 heteroatoms. The molecule has 0 aliphatic heterocycles. The first-order valence-electron chi connectivity index (χ1n) is 7.24. The van der Waals surface area contributed by atoms with Crippen LogP contribution in [0.3, 0.4) is 0 Å². The lowest BCUT2D eigenvalue weighted by Crippen LogP contribution is -2.33. The Hall–Kier alpha value is -2.41. The molecule has 0 aliphatic carbocycles. The monoisotopic (exact) mass is 319 g/mol. The summed E-state index contributed by atoms with van der Waals surface area (Å²) in [6, 6.07) is 4.67. The number of hydrogen-bond donors (Lipinski definition) is 1. The lowest BCUT2D eigenvalue weighted by atomic mass is 10.1. The lowest BCUT2D eigenvalue weighted by molar-refractivity contribution is -0.142. The fourth-order valence-corrected chi connectivity index (χ4v) is 2.15.